The van der Waals surface area contributed by atoms with E-state index >= 15 is 0 Å². The van der Waals surface area contributed by atoms with E-state index < -0.39 is 11.4 Å². The minimum Gasteiger partial charge on any atom is -0.550 e. The van der Waals surface area contributed by atoms with Gasteiger partial charge in [-0.2, -0.15) is 0 Å². The van der Waals surface area contributed by atoms with Crippen molar-refractivity contribution in [2.24, 2.45) is 5.41 Å². The number of benzene rings is 1. The Morgan fingerprint density at radius 1 is 1.31 bits per heavy atom. The summed E-state index contributed by atoms with van der Waals surface area (Å²) in [4.78, 5) is 10.9. The van der Waals surface area contributed by atoms with Crippen LogP contribution in [0.3, 0.4) is 0 Å². The van der Waals surface area contributed by atoms with Crippen molar-refractivity contribution in [3.63, 3.8) is 0 Å². The van der Waals surface area contributed by atoms with E-state index in [2.05, 4.69) is 25.1 Å². The first-order chi connectivity index (χ1) is 7.33. The molecule has 16 heavy (non-hydrogen) atoms. The summed E-state index contributed by atoms with van der Waals surface area (Å²) in [5, 5.41) is 10.9. The number of carbonyl (C=O) groups excluding carboxylic acids is 1. The summed E-state index contributed by atoms with van der Waals surface area (Å²) in [6.45, 7) is 7.54. The highest BCUT2D eigenvalue weighted by Gasteiger charge is 2.19. The fourth-order valence-corrected chi connectivity index (χ4v) is 1.62. The molecule has 0 aliphatic heterocycles. The average molecular weight is 219 g/mol. The van der Waals surface area contributed by atoms with Gasteiger partial charge in [-0.3, -0.25) is 0 Å². The van der Waals surface area contributed by atoms with Gasteiger partial charge in [0.05, 0.1) is 0 Å². The van der Waals surface area contributed by atoms with Crippen molar-refractivity contribution in [3.05, 3.63) is 34.9 Å². The second kappa shape index (κ2) is 4.69. The van der Waals surface area contributed by atoms with Gasteiger partial charge in [-0.05, 0) is 37.8 Å². The summed E-state index contributed by atoms with van der Waals surface area (Å²) in [6.07, 6.45) is 1.40. The first-order valence-electron chi connectivity index (χ1n) is 5.60. The molecule has 0 aromatic heterocycles. The third-order valence-corrected chi connectivity index (χ3v) is 3.08. The zero-order valence-electron chi connectivity index (χ0n) is 10.5. The minimum atomic E-state index is -0.974. The summed E-state index contributed by atoms with van der Waals surface area (Å²) < 4.78 is 0. The van der Waals surface area contributed by atoms with Gasteiger partial charge >= 0.3 is 0 Å². The first-order valence-corrected chi connectivity index (χ1v) is 5.60. The third kappa shape index (κ3) is 3.09. The Bertz CT molecular complexity index is 392. The number of hydrogen-bond acceptors (Lipinski definition) is 2. The number of carboxylic acid groups (broad SMARTS) is 1. The summed E-state index contributed by atoms with van der Waals surface area (Å²) in [7, 11) is 0. The van der Waals surface area contributed by atoms with E-state index in [0.29, 0.717) is 6.42 Å². The smallest absolute Gasteiger partial charge is 0.0470 e. The van der Waals surface area contributed by atoms with Gasteiger partial charge < -0.3 is 9.90 Å². The predicted molar refractivity (Wildman–Crippen MR) is 63.0 cm³/mol. The second-order valence-corrected chi connectivity index (χ2v) is 5.10. The fraction of sp³-hybridized carbons (Fsp3) is 0.500. The first kappa shape index (κ1) is 12.8. The van der Waals surface area contributed by atoms with Crippen molar-refractivity contribution in [2.45, 2.75) is 40.5 Å². The molecule has 0 radical (unpaired) electrons. The van der Waals surface area contributed by atoms with Crippen molar-refractivity contribution in [2.75, 3.05) is 0 Å². The van der Waals surface area contributed by atoms with Crippen LogP contribution in [0.2, 0.25) is 0 Å². The van der Waals surface area contributed by atoms with Crippen LogP contribution in [0.5, 0.6) is 0 Å². The van der Waals surface area contributed by atoms with Crippen LogP contribution in [0.25, 0.3) is 0 Å². The molecule has 0 unspecified atom stereocenters. The van der Waals surface area contributed by atoms with Crippen LogP contribution in [-0.4, -0.2) is 5.97 Å². The number of carboxylic acids is 1. The molecule has 1 aromatic carbocycles. The fourth-order valence-electron chi connectivity index (χ4n) is 1.62. The number of carbonyl (C=O) groups is 1. The number of aliphatic carboxylic acids is 1. The van der Waals surface area contributed by atoms with Crippen molar-refractivity contribution < 1.29 is 9.90 Å². The molecule has 1 rings (SSSR count). The molecule has 1 aromatic rings. The zero-order valence-corrected chi connectivity index (χ0v) is 10.5. The Kier molecular flexibility index (Phi) is 3.74. The lowest BCUT2D eigenvalue weighted by Gasteiger charge is -2.26. The quantitative estimate of drug-likeness (QED) is 0.777. The van der Waals surface area contributed by atoms with E-state index in [1.165, 1.54) is 16.7 Å². The Morgan fingerprint density at radius 3 is 2.50 bits per heavy atom. The molecule has 0 saturated heterocycles. The van der Waals surface area contributed by atoms with Crippen LogP contribution < -0.4 is 5.11 Å². The van der Waals surface area contributed by atoms with E-state index in [4.69, 9.17) is 0 Å². The highest BCUT2D eigenvalue weighted by Crippen LogP contribution is 2.23. The average Bonchev–Trinajstić information content (AvgIpc) is 2.19. The van der Waals surface area contributed by atoms with Crippen LogP contribution in [-0.2, 0) is 11.2 Å². The van der Waals surface area contributed by atoms with Crippen molar-refractivity contribution in [1.29, 1.82) is 0 Å². The van der Waals surface area contributed by atoms with E-state index in [9.17, 15) is 9.90 Å². The molecule has 0 fully saturated rings. The van der Waals surface area contributed by atoms with Crippen LogP contribution >= 0.6 is 0 Å². The Balaban J connectivity index is 2.75. The molecular weight excluding hydrogens is 200 g/mol. The van der Waals surface area contributed by atoms with Gasteiger partial charge in [0.25, 0.3) is 0 Å². The zero-order chi connectivity index (χ0) is 12.3. The predicted octanol–water partition coefficient (Wildman–Crippen LogP) is 2.01. The number of hydrogen-bond donors (Lipinski definition) is 0. The molecule has 0 amide bonds. The van der Waals surface area contributed by atoms with Crippen molar-refractivity contribution >= 4 is 5.97 Å². The normalized spacial score (nSPS) is 11.5. The maximum absolute atomic E-state index is 10.9. The lowest BCUT2D eigenvalue weighted by molar-refractivity contribution is -0.317. The molecule has 0 aliphatic carbocycles. The van der Waals surface area contributed by atoms with Gasteiger partial charge in [0.2, 0.25) is 0 Å². The van der Waals surface area contributed by atoms with Crippen LogP contribution in [0.1, 0.15) is 37.0 Å². The van der Waals surface area contributed by atoms with E-state index in [0.717, 1.165) is 6.42 Å². The van der Waals surface area contributed by atoms with E-state index in [1.807, 2.05) is 6.92 Å². The molecule has 0 spiro atoms. The molecule has 2 nitrogen and oxygen atoms in total. The molecule has 2 heteroatoms. The topological polar surface area (TPSA) is 40.1 Å². The van der Waals surface area contributed by atoms with Crippen LogP contribution in [0, 0.1) is 19.3 Å². The molecule has 0 saturated carbocycles. The Hall–Kier alpha value is -1.31. The molecule has 0 N–H and O–H groups in total. The van der Waals surface area contributed by atoms with Gasteiger partial charge in [-0.1, -0.05) is 37.6 Å². The van der Waals surface area contributed by atoms with E-state index in [-0.39, 0.29) is 0 Å². The van der Waals surface area contributed by atoms with Crippen molar-refractivity contribution in [1.82, 2.24) is 0 Å². The van der Waals surface area contributed by atoms with Gasteiger partial charge in [0.1, 0.15) is 0 Å². The lowest BCUT2D eigenvalue weighted by Crippen LogP contribution is -2.38. The lowest BCUT2D eigenvalue weighted by atomic mass is 9.85. The van der Waals surface area contributed by atoms with Crippen molar-refractivity contribution in [3.8, 4) is 0 Å². The van der Waals surface area contributed by atoms with Crippen LogP contribution in [0.15, 0.2) is 18.2 Å². The van der Waals surface area contributed by atoms with E-state index in [1.54, 1.807) is 13.8 Å². The van der Waals surface area contributed by atoms with Gasteiger partial charge in [0.15, 0.2) is 0 Å². The number of rotatable bonds is 4. The maximum Gasteiger partial charge on any atom is 0.0470 e. The molecule has 0 aliphatic rings. The Morgan fingerprint density at radius 2 is 1.94 bits per heavy atom. The summed E-state index contributed by atoms with van der Waals surface area (Å²) in [5.74, 6) is -0.974. The standard InChI is InChI=1S/C14H20O2/c1-10-5-6-11(2)12(9-10)7-8-14(3,4)13(15)16/h5-6,9H,7-8H2,1-4H3,(H,15,16)/p-1. The third-order valence-electron chi connectivity index (χ3n) is 3.08. The van der Waals surface area contributed by atoms with Crippen LogP contribution in [0.4, 0.5) is 0 Å². The van der Waals surface area contributed by atoms with Gasteiger partial charge in [-0.25, -0.2) is 0 Å². The molecule has 88 valence electrons. The largest absolute Gasteiger partial charge is 0.550 e. The Labute approximate surface area is 97.3 Å². The molecule has 0 atom stereocenters. The summed E-state index contributed by atoms with van der Waals surface area (Å²) in [5.41, 5.74) is 2.91. The highest BCUT2D eigenvalue weighted by molar-refractivity contribution is 5.71. The second-order valence-electron chi connectivity index (χ2n) is 5.10. The SMILES string of the molecule is Cc1ccc(C)c(CCC(C)(C)C(=O)[O-])c1. The molecular formula is C14H19O2-. The monoisotopic (exact) mass is 219 g/mol. The summed E-state index contributed by atoms with van der Waals surface area (Å²) >= 11 is 0. The number of aryl methyl sites for hydroxylation is 3. The minimum absolute atomic E-state index is 0.611. The maximum atomic E-state index is 10.9. The van der Waals surface area contributed by atoms with Gasteiger partial charge in [-0.15, -0.1) is 0 Å². The molecule has 0 bridgehead atoms. The van der Waals surface area contributed by atoms with Gasteiger partial charge in [0, 0.05) is 11.4 Å². The highest BCUT2D eigenvalue weighted by atomic mass is 16.4. The summed E-state index contributed by atoms with van der Waals surface area (Å²) in [6, 6.07) is 6.28. The molecule has 0 heterocycles.